The zero-order chi connectivity index (χ0) is 13.8. The fraction of sp³-hybridized carbons (Fsp3) is 1.00. The number of fused-ring (bicyclic) bond motifs is 2. The lowest BCUT2D eigenvalue weighted by Gasteiger charge is -2.49. The monoisotopic (exact) mass is 270 g/mol. The van der Waals surface area contributed by atoms with Crippen LogP contribution in [-0.2, 0) is 9.47 Å². The van der Waals surface area contributed by atoms with Crippen LogP contribution in [0, 0.1) is 11.8 Å². The third-order valence-corrected chi connectivity index (χ3v) is 4.88. The van der Waals surface area contributed by atoms with E-state index in [-0.39, 0.29) is 6.29 Å². The Bertz CT molecular complexity index is 255. The molecule has 0 radical (unpaired) electrons. The minimum absolute atomic E-state index is 0.121. The van der Waals surface area contributed by atoms with Gasteiger partial charge < -0.3 is 19.7 Å². The maximum Gasteiger partial charge on any atom is 0.169 e. The molecule has 2 rings (SSSR count). The quantitative estimate of drug-likeness (QED) is 0.745. The fourth-order valence-corrected chi connectivity index (χ4v) is 3.72. The van der Waals surface area contributed by atoms with Crippen molar-refractivity contribution in [2.24, 2.45) is 11.8 Å². The molecule has 0 aromatic rings. The number of likely N-dealkylation sites (tertiary alicyclic amines) is 1. The molecule has 1 aliphatic carbocycles. The molecule has 2 atom stereocenters. The van der Waals surface area contributed by atoms with E-state index in [0.29, 0.717) is 12.1 Å². The minimum atomic E-state index is -0.121. The number of piperidine rings is 1. The molecule has 4 nitrogen and oxygen atoms in total. The molecule has 1 saturated carbocycles. The summed E-state index contributed by atoms with van der Waals surface area (Å²) in [6.07, 6.45) is 4.01. The fourth-order valence-electron chi connectivity index (χ4n) is 3.72. The molecule has 1 heterocycles. The van der Waals surface area contributed by atoms with Crippen LogP contribution in [0.3, 0.4) is 0 Å². The smallest absolute Gasteiger partial charge is 0.169 e. The second kappa shape index (κ2) is 7.02. The highest BCUT2D eigenvalue weighted by molar-refractivity contribution is 4.95. The van der Waals surface area contributed by atoms with Crippen molar-refractivity contribution >= 4 is 0 Å². The highest BCUT2D eigenvalue weighted by Gasteiger charge is 2.39. The lowest BCUT2D eigenvalue weighted by atomic mass is 9.73. The first kappa shape index (κ1) is 15.2. The van der Waals surface area contributed by atoms with Gasteiger partial charge in [-0.15, -0.1) is 0 Å². The predicted octanol–water partition coefficient (Wildman–Crippen LogP) is 1.70. The Hall–Kier alpha value is -0.160. The topological polar surface area (TPSA) is 33.7 Å². The summed E-state index contributed by atoms with van der Waals surface area (Å²) in [5.74, 6) is 1.59. The third kappa shape index (κ3) is 3.69. The summed E-state index contributed by atoms with van der Waals surface area (Å²) in [4.78, 5) is 2.65. The van der Waals surface area contributed by atoms with Gasteiger partial charge in [-0.1, -0.05) is 6.42 Å². The number of rotatable bonds is 6. The molecule has 112 valence electrons. The second-order valence-electron chi connectivity index (χ2n) is 6.33. The highest BCUT2D eigenvalue weighted by Crippen LogP contribution is 2.35. The van der Waals surface area contributed by atoms with E-state index in [1.807, 2.05) is 0 Å². The molecular formula is C15H30N2O2. The number of nitrogens with zero attached hydrogens (tertiary/aromatic N) is 1. The van der Waals surface area contributed by atoms with Crippen molar-refractivity contribution in [3.8, 4) is 0 Å². The molecule has 1 aliphatic heterocycles. The summed E-state index contributed by atoms with van der Waals surface area (Å²) in [7, 11) is 3.41. The van der Waals surface area contributed by atoms with Crippen LogP contribution in [0.15, 0.2) is 0 Å². The van der Waals surface area contributed by atoms with Crippen molar-refractivity contribution in [3.63, 3.8) is 0 Å². The maximum absolute atomic E-state index is 5.28. The standard InChI is InChI=1S/C15H30N2O2/c1-11(2)17-9-12-6-5-7-13(10-17)15(12)16-8-14(18-3)19-4/h11-16H,5-10H2,1-4H3. The van der Waals surface area contributed by atoms with Gasteiger partial charge in [0, 0.05) is 45.9 Å². The molecule has 2 fully saturated rings. The molecule has 0 spiro atoms. The number of nitrogens with one attached hydrogen (secondary N) is 1. The molecule has 0 aromatic heterocycles. The van der Waals surface area contributed by atoms with Crippen LogP contribution in [0.4, 0.5) is 0 Å². The first-order valence-electron chi connectivity index (χ1n) is 7.68. The van der Waals surface area contributed by atoms with Crippen LogP contribution in [-0.4, -0.2) is 57.1 Å². The van der Waals surface area contributed by atoms with Gasteiger partial charge in [0.2, 0.25) is 0 Å². The first-order chi connectivity index (χ1) is 9.15. The molecule has 19 heavy (non-hydrogen) atoms. The summed E-state index contributed by atoms with van der Waals surface area (Å²) in [6, 6.07) is 1.33. The predicted molar refractivity (Wildman–Crippen MR) is 77.1 cm³/mol. The summed E-state index contributed by atoms with van der Waals surface area (Å²) in [6.45, 7) is 7.92. The van der Waals surface area contributed by atoms with Crippen LogP contribution in [0.25, 0.3) is 0 Å². The lowest BCUT2D eigenvalue weighted by Crippen LogP contribution is -2.59. The van der Waals surface area contributed by atoms with Crippen LogP contribution in [0.1, 0.15) is 33.1 Å². The van der Waals surface area contributed by atoms with Crippen molar-refractivity contribution in [1.82, 2.24) is 10.2 Å². The van der Waals surface area contributed by atoms with Gasteiger partial charge in [0.1, 0.15) is 0 Å². The van der Waals surface area contributed by atoms with Crippen molar-refractivity contribution in [2.45, 2.75) is 51.5 Å². The van der Waals surface area contributed by atoms with Crippen molar-refractivity contribution < 1.29 is 9.47 Å². The highest BCUT2D eigenvalue weighted by atomic mass is 16.7. The lowest BCUT2D eigenvalue weighted by molar-refractivity contribution is -0.104. The van der Waals surface area contributed by atoms with E-state index in [9.17, 15) is 0 Å². The van der Waals surface area contributed by atoms with Crippen LogP contribution in [0.5, 0.6) is 0 Å². The van der Waals surface area contributed by atoms with Crippen LogP contribution >= 0.6 is 0 Å². The van der Waals surface area contributed by atoms with Gasteiger partial charge >= 0.3 is 0 Å². The van der Waals surface area contributed by atoms with E-state index in [2.05, 4.69) is 24.1 Å². The Kier molecular flexibility index (Phi) is 5.63. The van der Waals surface area contributed by atoms with E-state index in [1.165, 1.54) is 32.4 Å². The molecule has 2 unspecified atom stereocenters. The average molecular weight is 270 g/mol. The van der Waals surface area contributed by atoms with Gasteiger partial charge in [-0.2, -0.15) is 0 Å². The summed E-state index contributed by atoms with van der Waals surface area (Å²) in [5, 5.41) is 3.71. The largest absolute Gasteiger partial charge is 0.355 e. The maximum atomic E-state index is 5.28. The van der Waals surface area contributed by atoms with Crippen molar-refractivity contribution in [1.29, 1.82) is 0 Å². The number of methoxy groups -OCH3 is 2. The van der Waals surface area contributed by atoms with Crippen LogP contribution < -0.4 is 5.32 Å². The molecule has 4 heteroatoms. The van der Waals surface area contributed by atoms with E-state index >= 15 is 0 Å². The first-order valence-corrected chi connectivity index (χ1v) is 7.68. The number of hydrogen-bond acceptors (Lipinski definition) is 4. The molecule has 0 amide bonds. The zero-order valence-electron chi connectivity index (χ0n) is 12.9. The third-order valence-electron chi connectivity index (χ3n) is 4.88. The Morgan fingerprint density at radius 3 is 2.16 bits per heavy atom. The Morgan fingerprint density at radius 2 is 1.68 bits per heavy atom. The van der Waals surface area contributed by atoms with Crippen molar-refractivity contribution in [3.05, 3.63) is 0 Å². The summed E-state index contributed by atoms with van der Waals surface area (Å²) >= 11 is 0. The normalized spacial score (nSPS) is 32.2. The average Bonchev–Trinajstić information content (AvgIpc) is 2.38. The summed E-state index contributed by atoms with van der Waals surface area (Å²) in [5.41, 5.74) is 0. The molecule has 2 aliphatic rings. The zero-order valence-corrected chi connectivity index (χ0v) is 12.9. The molecular weight excluding hydrogens is 240 g/mol. The minimum Gasteiger partial charge on any atom is -0.355 e. The second-order valence-corrected chi connectivity index (χ2v) is 6.33. The van der Waals surface area contributed by atoms with Gasteiger partial charge in [0.25, 0.3) is 0 Å². The van der Waals surface area contributed by atoms with E-state index in [0.717, 1.165) is 18.4 Å². The Morgan fingerprint density at radius 1 is 1.11 bits per heavy atom. The molecule has 1 N–H and O–H groups in total. The Labute approximate surface area is 117 Å². The molecule has 2 bridgehead atoms. The van der Waals surface area contributed by atoms with Gasteiger partial charge in [-0.3, -0.25) is 0 Å². The molecule has 1 saturated heterocycles. The SMILES string of the molecule is COC(CNC1C2CCCC1CN(C(C)C)C2)OC. The number of hydrogen-bond donors (Lipinski definition) is 1. The number of ether oxygens (including phenoxy) is 2. The van der Waals surface area contributed by atoms with Gasteiger partial charge in [0.05, 0.1) is 0 Å². The van der Waals surface area contributed by atoms with Gasteiger partial charge in [-0.05, 0) is 38.5 Å². The van der Waals surface area contributed by atoms with Gasteiger partial charge in [0.15, 0.2) is 6.29 Å². The summed E-state index contributed by atoms with van der Waals surface area (Å²) < 4.78 is 10.6. The van der Waals surface area contributed by atoms with E-state index in [1.54, 1.807) is 14.2 Å². The molecule has 0 aromatic carbocycles. The van der Waals surface area contributed by atoms with E-state index in [4.69, 9.17) is 9.47 Å². The van der Waals surface area contributed by atoms with Crippen LogP contribution in [0.2, 0.25) is 0 Å². The van der Waals surface area contributed by atoms with Gasteiger partial charge in [-0.25, -0.2) is 0 Å². The Balaban J connectivity index is 1.90. The van der Waals surface area contributed by atoms with Crippen molar-refractivity contribution in [2.75, 3.05) is 33.9 Å². The van der Waals surface area contributed by atoms with E-state index < -0.39 is 0 Å².